The zero-order chi connectivity index (χ0) is 7.11. The maximum atomic E-state index is 12.0. The highest BCUT2D eigenvalue weighted by molar-refractivity contribution is 14.1. The first-order valence-corrected chi connectivity index (χ1v) is 4.36. The van der Waals surface area contributed by atoms with Gasteiger partial charge in [0.2, 0.25) is 0 Å². The molecule has 0 radical (unpaired) electrons. The molecule has 1 unspecified atom stereocenters. The van der Waals surface area contributed by atoms with Gasteiger partial charge in [-0.2, -0.15) is 0 Å². The van der Waals surface area contributed by atoms with Crippen LogP contribution in [-0.2, 0) is 0 Å². The third-order valence-electron chi connectivity index (χ3n) is 1.06. The molecule has 0 aromatic rings. The lowest BCUT2D eigenvalue weighted by Crippen LogP contribution is -1.87. The molecule has 0 aliphatic carbocycles. The van der Waals surface area contributed by atoms with Crippen molar-refractivity contribution >= 4 is 22.6 Å². The molecule has 0 aromatic carbocycles. The van der Waals surface area contributed by atoms with Gasteiger partial charge in [-0.25, -0.2) is 4.39 Å². The first-order valence-electron chi connectivity index (χ1n) is 3.11. The highest BCUT2D eigenvalue weighted by Crippen LogP contribution is 2.11. The van der Waals surface area contributed by atoms with Crippen LogP contribution in [0.15, 0.2) is 0 Å². The first kappa shape index (κ1) is 9.59. The Hall–Kier alpha value is 0.590. The molecule has 0 spiro atoms. The predicted octanol–water partition coefficient (Wildman–Crippen LogP) is 3.25. The van der Waals surface area contributed by atoms with Crippen molar-refractivity contribution in [3.63, 3.8) is 0 Å². The van der Waals surface area contributed by atoms with Crippen LogP contribution in [0.3, 0.4) is 0 Å². The standard InChI is InChI=1S/C6H11F2I/c7-5-3-1-2-4-6(8)9/h6H,1-5H2. The summed E-state index contributed by atoms with van der Waals surface area (Å²) in [5, 5.41) is 0. The van der Waals surface area contributed by atoms with Crippen LogP contribution in [0.1, 0.15) is 25.7 Å². The molecule has 0 N–H and O–H groups in total. The van der Waals surface area contributed by atoms with Crippen LogP contribution >= 0.6 is 22.6 Å². The van der Waals surface area contributed by atoms with Gasteiger partial charge >= 0.3 is 0 Å². The summed E-state index contributed by atoms with van der Waals surface area (Å²) < 4.78 is 22.7. The van der Waals surface area contributed by atoms with Crippen molar-refractivity contribution in [1.82, 2.24) is 0 Å². The van der Waals surface area contributed by atoms with Crippen LogP contribution in [0.4, 0.5) is 8.78 Å². The zero-order valence-corrected chi connectivity index (χ0v) is 7.40. The second-order valence-corrected chi connectivity index (χ2v) is 3.28. The average Bonchev–Trinajstić information content (AvgIpc) is 1.80. The highest BCUT2D eigenvalue weighted by Gasteiger charge is 1.97. The van der Waals surface area contributed by atoms with E-state index < -0.39 is 4.18 Å². The summed E-state index contributed by atoms with van der Waals surface area (Å²) in [7, 11) is 0. The van der Waals surface area contributed by atoms with Gasteiger partial charge in [0, 0.05) is 0 Å². The fourth-order valence-corrected chi connectivity index (χ4v) is 1.01. The number of alkyl halides is 3. The molecule has 0 aliphatic rings. The van der Waals surface area contributed by atoms with Crippen LogP contribution in [0, 0.1) is 0 Å². The third kappa shape index (κ3) is 8.59. The first-order chi connectivity index (χ1) is 4.27. The Morgan fingerprint density at radius 1 is 1.22 bits per heavy atom. The van der Waals surface area contributed by atoms with Gasteiger partial charge in [0.15, 0.2) is 4.18 Å². The van der Waals surface area contributed by atoms with Crippen LogP contribution in [0.5, 0.6) is 0 Å². The van der Waals surface area contributed by atoms with Crippen LogP contribution in [0.2, 0.25) is 0 Å². The second-order valence-electron chi connectivity index (χ2n) is 1.93. The SMILES string of the molecule is FCCCCCC(F)I. The molecule has 9 heavy (non-hydrogen) atoms. The molecule has 3 heteroatoms. The van der Waals surface area contributed by atoms with Crippen molar-refractivity contribution < 1.29 is 8.78 Å². The van der Waals surface area contributed by atoms with E-state index in [0.717, 1.165) is 12.8 Å². The van der Waals surface area contributed by atoms with Crippen LogP contribution in [-0.4, -0.2) is 10.9 Å². The number of halogens is 3. The van der Waals surface area contributed by atoms with E-state index >= 15 is 0 Å². The molecule has 0 rings (SSSR count). The minimum atomic E-state index is -0.748. The molecule has 0 aliphatic heterocycles. The predicted molar refractivity (Wildman–Crippen MR) is 43.4 cm³/mol. The normalized spacial score (nSPS) is 13.7. The van der Waals surface area contributed by atoms with Gasteiger partial charge in [0.1, 0.15) is 0 Å². The Bertz CT molecular complexity index is 57.0. The lowest BCUT2D eigenvalue weighted by atomic mass is 10.2. The van der Waals surface area contributed by atoms with Crippen molar-refractivity contribution in [2.75, 3.05) is 6.67 Å². The van der Waals surface area contributed by atoms with Gasteiger partial charge in [0.25, 0.3) is 0 Å². The summed E-state index contributed by atoms with van der Waals surface area (Å²) in [6.07, 6.45) is 2.79. The maximum absolute atomic E-state index is 12.0. The molecular formula is C6H11F2I. The van der Waals surface area contributed by atoms with E-state index in [9.17, 15) is 8.78 Å². The van der Waals surface area contributed by atoms with E-state index in [1.807, 2.05) is 0 Å². The number of hydrogen-bond donors (Lipinski definition) is 0. The van der Waals surface area contributed by atoms with E-state index in [2.05, 4.69) is 0 Å². The van der Waals surface area contributed by atoms with E-state index in [4.69, 9.17) is 0 Å². The summed E-state index contributed by atoms with van der Waals surface area (Å²) in [5.74, 6) is 0. The lowest BCUT2D eigenvalue weighted by molar-refractivity contribution is 0.412. The zero-order valence-electron chi connectivity index (χ0n) is 5.25. The van der Waals surface area contributed by atoms with Crippen molar-refractivity contribution in [1.29, 1.82) is 0 Å². The smallest absolute Gasteiger partial charge is 0.151 e. The van der Waals surface area contributed by atoms with E-state index in [1.54, 1.807) is 22.6 Å². The molecule has 0 saturated heterocycles. The van der Waals surface area contributed by atoms with E-state index in [1.165, 1.54) is 0 Å². The maximum Gasteiger partial charge on any atom is 0.151 e. The summed E-state index contributed by atoms with van der Waals surface area (Å²) in [4.78, 5) is 0. The molecule has 0 nitrogen and oxygen atoms in total. The van der Waals surface area contributed by atoms with Crippen LogP contribution < -0.4 is 0 Å². The summed E-state index contributed by atoms with van der Waals surface area (Å²) in [5.41, 5.74) is 0. The fourth-order valence-electron chi connectivity index (χ4n) is 0.570. The van der Waals surface area contributed by atoms with Gasteiger partial charge in [0.05, 0.1) is 6.67 Å². The molecule has 0 aromatic heterocycles. The van der Waals surface area contributed by atoms with E-state index in [0.29, 0.717) is 12.8 Å². The molecule has 0 saturated carbocycles. The Morgan fingerprint density at radius 2 is 1.89 bits per heavy atom. The van der Waals surface area contributed by atoms with Gasteiger partial charge in [-0.15, -0.1) is 0 Å². The van der Waals surface area contributed by atoms with Crippen molar-refractivity contribution in [2.45, 2.75) is 29.9 Å². The third-order valence-corrected chi connectivity index (χ3v) is 1.68. The number of hydrogen-bond acceptors (Lipinski definition) is 0. The summed E-state index contributed by atoms with van der Waals surface area (Å²) in [6, 6.07) is 0. The molecule has 56 valence electrons. The minimum Gasteiger partial charge on any atom is -0.251 e. The molecule has 0 fully saturated rings. The quantitative estimate of drug-likeness (QED) is 0.398. The van der Waals surface area contributed by atoms with Crippen molar-refractivity contribution in [3.8, 4) is 0 Å². The monoisotopic (exact) mass is 248 g/mol. The average molecular weight is 248 g/mol. The molecule has 0 amide bonds. The van der Waals surface area contributed by atoms with Gasteiger partial charge in [-0.3, -0.25) is 4.39 Å². The largest absolute Gasteiger partial charge is 0.251 e. The molecule has 0 bridgehead atoms. The van der Waals surface area contributed by atoms with Crippen molar-refractivity contribution in [2.24, 2.45) is 0 Å². The lowest BCUT2D eigenvalue weighted by Gasteiger charge is -1.97. The molecule has 1 atom stereocenters. The number of unbranched alkanes of at least 4 members (excludes halogenated alkanes) is 2. The second kappa shape index (κ2) is 6.71. The van der Waals surface area contributed by atoms with Gasteiger partial charge < -0.3 is 0 Å². The molecular weight excluding hydrogens is 237 g/mol. The fraction of sp³-hybridized carbons (Fsp3) is 1.00. The Balaban J connectivity index is 2.75. The highest BCUT2D eigenvalue weighted by atomic mass is 127. The summed E-state index contributed by atoms with van der Waals surface area (Å²) >= 11 is 1.73. The van der Waals surface area contributed by atoms with Crippen LogP contribution in [0.25, 0.3) is 0 Å². The molecule has 0 heterocycles. The number of rotatable bonds is 5. The van der Waals surface area contributed by atoms with Gasteiger partial charge in [-0.1, -0.05) is 6.42 Å². The topological polar surface area (TPSA) is 0 Å². The summed E-state index contributed by atoms with van der Waals surface area (Å²) in [6.45, 7) is -0.266. The van der Waals surface area contributed by atoms with E-state index in [-0.39, 0.29) is 6.67 Å². The Kier molecular flexibility index (Phi) is 7.15. The Labute approximate surface area is 68.2 Å². The van der Waals surface area contributed by atoms with Crippen molar-refractivity contribution in [3.05, 3.63) is 0 Å². The minimum absolute atomic E-state index is 0.266. The van der Waals surface area contributed by atoms with Gasteiger partial charge in [-0.05, 0) is 41.9 Å². The Morgan fingerprint density at radius 3 is 2.33 bits per heavy atom.